The summed E-state index contributed by atoms with van der Waals surface area (Å²) < 4.78 is 54.1. The fraction of sp³-hybridized carbons (Fsp3) is 0.474. The normalized spacial score (nSPS) is 20.5. The van der Waals surface area contributed by atoms with Crippen LogP contribution in [0.25, 0.3) is 11.4 Å². The standard InChI is InChI=1S/2C19H22Cl2F2N4O/c2*1-12-25-16(26-8-3-6-19(24,7-9-26)11-15(22)23)10-17(28)27(12)14-5-2-4-13(20)18(14)21/h2*2,4-5,10,15H,3,6-9,11,24H2,1H3/t2*19-/m11/s1. The Morgan fingerprint density at radius 3 is 1.36 bits per heavy atom. The molecule has 0 unspecified atom stereocenters. The molecule has 0 radical (unpaired) electrons. The first-order valence-corrected chi connectivity index (χ1v) is 19.7. The van der Waals surface area contributed by atoms with Crippen molar-refractivity contribution in [3.63, 3.8) is 0 Å². The zero-order chi connectivity index (χ0) is 40.9. The summed E-state index contributed by atoms with van der Waals surface area (Å²) in [5.41, 5.74) is 10.9. The van der Waals surface area contributed by atoms with Crippen LogP contribution in [0.15, 0.2) is 58.1 Å². The van der Waals surface area contributed by atoms with Crippen LogP contribution in [-0.4, -0.2) is 69.2 Å². The van der Waals surface area contributed by atoms with Gasteiger partial charge in [-0.3, -0.25) is 18.7 Å². The molecule has 2 aliphatic rings. The summed E-state index contributed by atoms with van der Waals surface area (Å²) in [6.07, 6.45) is -2.30. The molecule has 2 aliphatic heterocycles. The minimum absolute atomic E-state index is 0.276. The first-order valence-electron chi connectivity index (χ1n) is 18.1. The number of halogens is 8. The number of nitrogens with two attached hydrogens (primary N) is 2. The van der Waals surface area contributed by atoms with Gasteiger partial charge in [-0.25, -0.2) is 27.5 Å². The lowest BCUT2D eigenvalue weighted by molar-refractivity contribution is 0.0991. The van der Waals surface area contributed by atoms with Crippen molar-refractivity contribution in [2.24, 2.45) is 11.5 Å². The Bertz CT molecular complexity index is 1990. The lowest BCUT2D eigenvalue weighted by atomic mass is 9.88. The first kappa shape index (κ1) is 43.7. The van der Waals surface area contributed by atoms with E-state index < -0.39 is 23.9 Å². The molecule has 0 bridgehead atoms. The third kappa shape index (κ3) is 10.6. The van der Waals surface area contributed by atoms with Gasteiger partial charge >= 0.3 is 0 Å². The number of benzene rings is 2. The van der Waals surface area contributed by atoms with Crippen molar-refractivity contribution in [3.05, 3.63) is 101 Å². The largest absolute Gasteiger partial charge is 0.356 e. The molecule has 2 atom stereocenters. The van der Waals surface area contributed by atoms with Gasteiger partial charge in [-0.1, -0.05) is 58.5 Å². The molecule has 0 spiro atoms. The van der Waals surface area contributed by atoms with Gasteiger partial charge in [0, 0.05) is 62.2 Å². The van der Waals surface area contributed by atoms with Crippen LogP contribution in [0.3, 0.4) is 0 Å². The van der Waals surface area contributed by atoms with Crippen LogP contribution in [0.2, 0.25) is 20.1 Å². The molecule has 4 N–H and O–H groups in total. The average molecular weight is 863 g/mol. The predicted octanol–water partition coefficient (Wildman–Crippen LogP) is 8.38. The summed E-state index contributed by atoms with van der Waals surface area (Å²) in [6, 6.07) is 13.0. The molecule has 6 rings (SSSR count). The van der Waals surface area contributed by atoms with E-state index in [9.17, 15) is 27.2 Å². The van der Waals surface area contributed by atoms with Gasteiger partial charge in [0.15, 0.2) is 0 Å². The second kappa shape index (κ2) is 18.5. The summed E-state index contributed by atoms with van der Waals surface area (Å²) in [4.78, 5) is 38.6. The van der Waals surface area contributed by atoms with E-state index >= 15 is 0 Å². The molecule has 4 aromatic rings. The van der Waals surface area contributed by atoms with Crippen LogP contribution in [-0.2, 0) is 0 Å². The Morgan fingerprint density at radius 1 is 0.643 bits per heavy atom. The molecule has 56 heavy (non-hydrogen) atoms. The number of hydrogen-bond donors (Lipinski definition) is 2. The molecular weight excluding hydrogens is 818 g/mol. The van der Waals surface area contributed by atoms with E-state index in [1.54, 1.807) is 50.2 Å². The van der Waals surface area contributed by atoms with Crippen LogP contribution >= 0.6 is 46.4 Å². The van der Waals surface area contributed by atoms with Gasteiger partial charge in [0.05, 0.1) is 31.5 Å². The third-order valence-corrected chi connectivity index (χ3v) is 11.8. The number of aryl methyl sites for hydroxylation is 2. The summed E-state index contributed by atoms with van der Waals surface area (Å²) in [5.74, 6) is 1.95. The maximum Gasteiger partial charge on any atom is 0.260 e. The van der Waals surface area contributed by atoms with E-state index in [0.717, 1.165) is 0 Å². The van der Waals surface area contributed by atoms with E-state index in [1.807, 2.05) is 9.80 Å². The average Bonchev–Trinajstić information content (AvgIpc) is 3.42. The van der Waals surface area contributed by atoms with Crippen LogP contribution in [0, 0.1) is 13.8 Å². The maximum atomic E-state index is 12.8. The maximum absolute atomic E-state index is 12.8. The molecule has 10 nitrogen and oxygen atoms in total. The molecule has 2 saturated heterocycles. The van der Waals surface area contributed by atoms with Crippen LogP contribution in [0.5, 0.6) is 0 Å². The second-order valence-electron chi connectivity index (χ2n) is 14.4. The molecule has 2 aromatic carbocycles. The zero-order valence-electron chi connectivity index (χ0n) is 30.9. The first-order chi connectivity index (χ1) is 26.4. The molecule has 0 saturated carbocycles. The number of hydrogen-bond acceptors (Lipinski definition) is 8. The van der Waals surface area contributed by atoms with Gasteiger partial charge in [-0.15, -0.1) is 0 Å². The lowest BCUT2D eigenvalue weighted by Gasteiger charge is -2.28. The van der Waals surface area contributed by atoms with Gasteiger partial charge in [0.1, 0.15) is 23.3 Å². The molecule has 4 heterocycles. The number of anilines is 2. The van der Waals surface area contributed by atoms with E-state index in [4.69, 9.17) is 57.9 Å². The molecule has 304 valence electrons. The SMILES string of the molecule is Cc1nc(N2CCC[C@](N)(CC(F)F)CC2)cc(=O)n1-c1cccc(Cl)c1Cl.Cc1nc(N2CCC[C@](N)(CC(F)F)CC2)cc(=O)n1-c1cccc(Cl)c1Cl. The summed E-state index contributed by atoms with van der Waals surface area (Å²) >= 11 is 24.6. The molecule has 2 fully saturated rings. The van der Waals surface area contributed by atoms with Crippen LogP contribution < -0.4 is 32.4 Å². The number of rotatable bonds is 8. The third-order valence-electron chi connectivity index (χ3n) is 10.2. The van der Waals surface area contributed by atoms with Crippen molar-refractivity contribution in [3.8, 4) is 11.4 Å². The Labute approximate surface area is 342 Å². The van der Waals surface area contributed by atoms with Crippen LogP contribution in [0.4, 0.5) is 29.2 Å². The van der Waals surface area contributed by atoms with Crippen molar-refractivity contribution < 1.29 is 17.6 Å². The number of aromatic nitrogens is 4. The molecule has 18 heteroatoms. The van der Waals surface area contributed by atoms with Gasteiger partial charge in [-0.2, -0.15) is 0 Å². The monoisotopic (exact) mass is 860 g/mol. The topological polar surface area (TPSA) is 128 Å². The van der Waals surface area contributed by atoms with Gasteiger partial charge in [-0.05, 0) is 76.6 Å². The fourth-order valence-corrected chi connectivity index (χ4v) is 8.08. The highest BCUT2D eigenvalue weighted by Gasteiger charge is 2.33. The van der Waals surface area contributed by atoms with Gasteiger partial charge in [0.25, 0.3) is 11.1 Å². The quantitative estimate of drug-likeness (QED) is 0.169. The van der Waals surface area contributed by atoms with E-state index in [0.29, 0.717) is 109 Å². The van der Waals surface area contributed by atoms with E-state index in [1.165, 1.54) is 21.3 Å². The van der Waals surface area contributed by atoms with E-state index in [-0.39, 0.29) is 34.0 Å². The summed E-state index contributed by atoms with van der Waals surface area (Å²) in [5, 5.41) is 1.25. The highest BCUT2D eigenvalue weighted by Crippen LogP contribution is 2.32. The Hall–Kier alpha value is -3.40. The van der Waals surface area contributed by atoms with Gasteiger partial charge in [0.2, 0.25) is 12.9 Å². The number of alkyl halides is 4. The smallest absolute Gasteiger partial charge is 0.260 e. The Balaban J connectivity index is 0.000000214. The van der Waals surface area contributed by atoms with E-state index in [2.05, 4.69) is 9.97 Å². The second-order valence-corrected chi connectivity index (χ2v) is 16.0. The molecular formula is C38H44Cl4F4N8O2. The molecule has 0 aliphatic carbocycles. The van der Waals surface area contributed by atoms with Crippen molar-refractivity contribution >= 4 is 58.0 Å². The predicted molar refractivity (Wildman–Crippen MR) is 216 cm³/mol. The Morgan fingerprint density at radius 2 is 1.02 bits per heavy atom. The molecule has 0 amide bonds. The Kier molecular flexibility index (Phi) is 14.4. The highest BCUT2D eigenvalue weighted by atomic mass is 35.5. The van der Waals surface area contributed by atoms with Gasteiger partial charge < -0.3 is 21.3 Å². The van der Waals surface area contributed by atoms with Crippen molar-refractivity contribution in [1.29, 1.82) is 0 Å². The van der Waals surface area contributed by atoms with Crippen LogP contribution in [0.1, 0.15) is 63.0 Å². The molecule has 2 aromatic heterocycles. The highest BCUT2D eigenvalue weighted by molar-refractivity contribution is 6.43. The zero-order valence-corrected chi connectivity index (χ0v) is 34.0. The van der Waals surface area contributed by atoms with Crippen molar-refractivity contribution in [1.82, 2.24) is 19.1 Å². The van der Waals surface area contributed by atoms with Crippen molar-refractivity contribution in [2.75, 3.05) is 36.0 Å². The fourth-order valence-electron chi connectivity index (χ4n) is 7.32. The summed E-state index contributed by atoms with van der Waals surface area (Å²) in [6.45, 7) is 5.58. The summed E-state index contributed by atoms with van der Waals surface area (Å²) in [7, 11) is 0. The minimum Gasteiger partial charge on any atom is -0.356 e. The number of nitrogens with zero attached hydrogens (tertiary/aromatic N) is 6. The van der Waals surface area contributed by atoms with Crippen molar-refractivity contribution in [2.45, 2.75) is 89.1 Å². The minimum atomic E-state index is -2.43. The lowest BCUT2D eigenvalue weighted by Crippen LogP contribution is -2.42.